The number of hydrogen-bond acceptors (Lipinski definition) is 4. The third-order valence-electron chi connectivity index (χ3n) is 5.38. The van der Waals surface area contributed by atoms with Crippen molar-refractivity contribution in [1.29, 1.82) is 0 Å². The summed E-state index contributed by atoms with van der Waals surface area (Å²) < 4.78 is 25.9. The summed E-state index contributed by atoms with van der Waals surface area (Å²) in [6.45, 7) is 7.99. The first-order valence-corrected chi connectivity index (χ1v) is 12.6. The van der Waals surface area contributed by atoms with Crippen molar-refractivity contribution < 1.29 is 18.0 Å². The van der Waals surface area contributed by atoms with Gasteiger partial charge in [-0.05, 0) is 69.0 Å². The lowest BCUT2D eigenvalue weighted by atomic mass is 10.1. The minimum atomic E-state index is -3.49. The van der Waals surface area contributed by atoms with Gasteiger partial charge in [0.05, 0.1) is 23.2 Å². The summed E-state index contributed by atoms with van der Waals surface area (Å²) in [6.07, 6.45) is 2.43. The van der Waals surface area contributed by atoms with E-state index in [2.05, 4.69) is 10.6 Å². The van der Waals surface area contributed by atoms with Crippen molar-refractivity contribution in [3.05, 3.63) is 59.2 Å². The molecule has 2 N–H and O–H groups in total. The number of nitrogens with one attached hydrogen (secondary N) is 2. The summed E-state index contributed by atoms with van der Waals surface area (Å²) in [5.74, 6) is -0.518. The van der Waals surface area contributed by atoms with Crippen molar-refractivity contribution in [1.82, 2.24) is 5.32 Å². The standard InChI is InChI=1S/C24H33N3O4S/c1-6-19(4)25-24(29)21-10-7-8-11-22(21)26-23(28)12-9-15-27(32(5,30)31)20-14-13-17(2)18(3)16-20/h7-8,10-11,13-14,16,19H,6,9,12,15H2,1-5H3,(H,25,29)(H,26,28)/t19-/m0/s1. The average molecular weight is 460 g/mol. The third kappa shape index (κ3) is 7.09. The maximum atomic E-state index is 12.5. The molecule has 0 aliphatic rings. The zero-order valence-electron chi connectivity index (χ0n) is 19.4. The van der Waals surface area contributed by atoms with Crippen LogP contribution in [-0.4, -0.2) is 39.1 Å². The highest BCUT2D eigenvalue weighted by molar-refractivity contribution is 7.92. The van der Waals surface area contributed by atoms with Crippen molar-refractivity contribution in [3.8, 4) is 0 Å². The van der Waals surface area contributed by atoms with Crippen LogP contribution in [0.3, 0.4) is 0 Å². The molecule has 0 aliphatic carbocycles. The average Bonchev–Trinajstić information content (AvgIpc) is 2.72. The quantitative estimate of drug-likeness (QED) is 0.561. The van der Waals surface area contributed by atoms with Crippen molar-refractivity contribution >= 4 is 33.2 Å². The van der Waals surface area contributed by atoms with E-state index in [1.807, 2.05) is 39.8 Å². The van der Waals surface area contributed by atoms with Crippen molar-refractivity contribution in [3.63, 3.8) is 0 Å². The molecule has 2 rings (SSSR count). The van der Waals surface area contributed by atoms with E-state index in [1.54, 1.807) is 30.3 Å². The van der Waals surface area contributed by atoms with E-state index in [9.17, 15) is 18.0 Å². The minimum absolute atomic E-state index is 0.0265. The molecule has 2 amide bonds. The SMILES string of the molecule is CC[C@H](C)NC(=O)c1ccccc1NC(=O)CCCN(c1ccc(C)c(C)c1)S(C)(=O)=O. The molecule has 32 heavy (non-hydrogen) atoms. The Bertz CT molecular complexity index is 1070. The summed E-state index contributed by atoms with van der Waals surface area (Å²) in [4.78, 5) is 25.0. The summed E-state index contributed by atoms with van der Waals surface area (Å²) >= 11 is 0. The molecule has 0 radical (unpaired) electrons. The molecule has 0 heterocycles. The highest BCUT2D eigenvalue weighted by Crippen LogP contribution is 2.22. The second kappa shape index (κ2) is 11.1. The van der Waals surface area contributed by atoms with Crippen molar-refractivity contribution in [2.24, 2.45) is 0 Å². The number of rotatable bonds is 10. The van der Waals surface area contributed by atoms with Crippen LogP contribution in [0.2, 0.25) is 0 Å². The number of amides is 2. The lowest BCUT2D eigenvalue weighted by Gasteiger charge is -2.23. The van der Waals surface area contributed by atoms with E-state index in [1.165, 1.54) is 4.31 Å². The molecule has 7 nitrogen and oxygen atoms in total. The summed E-state index contributed by atoms with van der Waals surface area (Å²) in [5.41, 5.74) is 3.50. The van der Waals surface area contributed by atoms with Crippen LogP contribution in [0, 0.1) is 13.8 Å². The molecule has 0 unspecified atom stereocenters. The van der Waals surface area contributed by atoms with Gasteiger partial charge >= 0.3 is 0 Å². The van der Waals surface area contributed by atoms with Crippen LogP contribution in [0.1, 0.15) is 54.6 Å². The van der Waals surface area contributed by atoms with Crippen LogP contribution < -0.4 is 14.9 Å². The summed E-state index contributed by atoms with van der Waals surface area (Å²) in [5, 5.41) is 5.68. The number of hydrogen-bond donors (Lipinski definition) is 2. The fourth-order valence-corrected chi connectivity index (χ4v) is 4.11. The number of nitrogens with zero attached hydrogens (tertiary/aromatic N) is 1. The highest BCUT2D eigenvalue weighted by Gasteiger charge is 2.19. The molecule has 0 aromatic heterocycles. The number of carbonyl (C=O) groups excluding carboxylic acids is 2. The van der Waals surface area contributed by atoms with Crippen LogP contribution >= 0.6 is 0 Å². The van der Waals surface area contributed by atoms with Crippen molar-refractivity contribution in [2.45, 2.75) is 53.0 Å². The van der Waals surface area contributed by atoms with Crippen LogP contribution in [0.4, 0.5) is 11.4 Å². The van der Waals surface area contributed by atoms with Gasteiger partial charge in [0, 0.05) is 19.0 Å². The van der Waals surface area contributed by atoms with E-state index in [-0.39, 0.29) is 30.8 Å². The van der Waals surface area contributed by atoms with Crippen molar-refractivity contribution in [2.75, 3.05) is 22.4 Å². The Balaban J connectivity index is 2.03. The van der Waals surface area contributed by atoms with Gasteiger partial charge in [-0.1, -0.05) is 25.1 Å². The molecule has 0 bridgehead atoms. The molecule has 174 valence electrons. The van der Waals surface area contributed by atoms with Gasteiger partial charge in [-0.15, -0.1) is 0 Å². The lowest BCUT2D eigenvalue weighted by molar-refractivity contribution is -0.116. The molecular weight excluding hydrogens is 426 g/mol. The van der Waals surface area contributed by atoms with Gasteiger partial charge < -0.3 is 10.6 Å². The number of anilines is 2. The molecule has 8 heteroatoms. The number of benzene rings is 2. The first-order valence-electron chi connectivity index (χ1n) is 10.8. The van der Waals surface area contributed by atoms with Gasteiger partial charge in [-0.2, -0.15) is 0 Å². The Kier molecular flexibility index (Phi) is 8.83. The van der Waals surface area contributed by atoms with Gasteiger partial charge in [-0.3, -0.25) is 13.9 Å². The highest BCUT2D eigenvalue weighted by atomic mass is 32.2. The zero-order valence-corrected chi connectivity index (χ0v) is 20.3. The summed E-state index contributed by atoms with van der Waals surface area (Å²) in [7, 11) is -3.49. The monoisotopic (exact) mass is 459 g/mol. The Morgan fingerprint density at radius 2 is 1.75 bits per heavy atom. The van der Waals surface area contributed by atoms with Crippen LogP contribution in [-0.2, 0) is 14.8 Å². The summed E-state index contributed by atoms with van der Waals surface area (Å²) in [6, 6.07) is 12.4. The van der Waals surface area contributed by atoms with Crippen LogP contribution in [0.5, 0.6) is 0 Å². The Morgan fingerprint density at radius 3 is 2.38 bits per heavy atom. The fourth-order valence-electron chi connectivity index (χ4n) is 3.16. The van der Waals surface area contributed by atoms with Gasteiger partial charge in [0.1, 0.15) is 0 Å². The number of carbonyl (C=O) groups is 2. The van der Waals surface area contributed by atoms with E-state index in [0.717, 1.165) is 23.8 Å². The minimum Gasteiger partial charge on any atom is -0.350 e. The van der Waals surface area contributed by atoms with E-state index in [0.29, 0.717) is 23.4 Å². The number of aryl methyl sites for hydroxylation is 2. The van der Waals surface area contributed by atoms with E-state index < -0.39 is 10.0 Å². The van der Waals surface area contributed by atoms with Gasteiger partial charge in [0.2, 0.25) is 15.9 Å². The van der Waals surface area contributed by atoms with Crippen LogP contribution in [0.25, 0.3) is 0 Å². The molecule has 0 fully saturated rings. The first kappa shape index (κ1) is 25.4. The fraction of sp³-hybridized carbons (Fsp3) is 0.417. The van der Waals surface area contributed by atoms with Gasteiger partial charge in [-0.25, -0.2) is 8.42 Å². The maximum absolute atomic E-state index is 12.5. The molecule has 0 saturated carbocycles. The van der Waals surface area contributed by atoms with Crippen LogP contribution in [0.15, 0.2) is 42.5 Å². The van der Waals surface area contributed by atoms with Gasteiger partial charge in [0.25, 0.3) is 5.91 Å². The Hall–Kier alpha value is -2.87. The molecular formula is C24H33N3O4S. The van der Waals surface area contributed by atoms with E-state index >= 15 is 0 Å². The number of sulfonamides is 1. The lowest BCUT2D eigenvalue weighted by Crippen LogP contribution is -2.33. The largest absolute Gasteiger partial charge is 0.350 e. The maximum Gasteiger partial charge on any atom is 0.253 e. The molecule has 0 saturated heterocycles. The topological polar surface area (TPSA) is 95.6 Å². The molecule has 0 aliphatic heterocycles. The molecule has 2 aromatic rings. The molecule has 2 aromatic carbocycles. The second-order valence-electron chi connectivity index (χ2n) is 8.08. The number of para-hydroxylation sites is 1. The Labute approximate surface area is 191 Å². The van der Waals surface area contributed by atoms with E-state index in [4.69, 9.17) is 0 Å². The predicted molar refractivity (Wildman–Crippen MR) is 130 cm³/mol. The molecule has 1 atom stereocenters. The predicted octanol–water partition coefficient (Wildman–Crippen LogP) is 4.02. The zero-order chi connectivity index (χ0) is 23.9. The smallest absolute Gasteiger partial charge is 0.253 e. The third-order valence-corrected chi connectivity index (χ3v) is 6.57. The second-order valence-corrected chi connectivity index (χ2v) is 9.99. The molecule has 0 spiro atoms. The van der Waals surface area contributed by atoms with Gasteiger partial charge in [0.15, 0.2) is 0 Å². The normalized spacial score (nSPS) is 12.2. The Morgan fingerprint density at radius 1 is 1.06 bits per heavy atom. The first-order chi connectivity index (χ1) is 15.0.